The van der Waals surface area contributed by atoms with Crippen LogP contribution in [-0.2, 0) is 6.61 Å². The highest BCUT2D eigenvalue weighted by Gasteiger charge is 2.31. The number of anilines is 1. The SMILES string of the molecule is OCc1ccc(N[N+](O)(O)c2csc(-c3ccc(F)cc3)n2)cc1. The van der Waals surface area contributed by atoms with Gasteiger partial charge >= 0.3 is 5.82 Å². The summed E-state index contributed by atoms with van der Waals surface area (Å²) in [4.78, 5) is 2.55. The molecule has 0 aliphatic rings. The minimum Gasteiger partial charge on any atom is -0.392 e. The van der Waals surface area contributed by atoms with Crippen LogP contribution in [0.4, 0.5) is 15.9 Å². The van der Waals surface area contributed by atoms with E-state index in [2.05, 4.69) is 10.4 Å². The Morgan fingerprint density at radius 3 is 2.33 bits per heavy atom. The molecule has 4 N–H and O–H groups in total. The first-order valence-electron chi connectivity index (χ1n) is 7.02. The fraction of sp³-hybridized carbons (Fsp3) is 0.0625. The summed E-state index contributed by atoms with van der Waals surface area (Å²) < 4.78 is 13.0. The van der Waals surface area contributed by atoms with E-state index in [-0.39, 0.29) is 18.2 Å². The molecule has 1 heterocycles. The van der Waals surface area contributed by atoms with E-state index < -0.39 is 4.92 Å². The molecule has 6 nitrogen and oxygen atoms in total. The van der Waals surface area contributed by atoms with E-state index in [0.29, 0.717) is 21.8 Å². The summed E-state index contributed by atoms with van der Waals surface area (Å²) in [6, 6.07) is 12.3. The zero-order chi connectivity index (χ0) is 17.2. The Morgan fingerprint density at radius 1 is 1.04 bits per heavy atom. The van der Waals surface area contributed by atoms with Crippen LogP contribution in [-0.4, -0.2) is 20.5 Å². The highest BCUT2D eigenvalue weighted by Crippen LogP contribution is 2.29. The van der Waals surface area contributed by atoms with Gasteiger partial charge < -0.3 is 5.11 Å². The molecule has 0 bridgehead atoms. The third kappa shape index (κ3) is 3.58. The van der Waals surface area contributed by atoms with Crippen LogP contribution in [0.25, 0.3) is 10.6 Å². The fourth-order valence-corrected chi connectivity index (χ4v) is 2.89. The number of thiazole rings is 1. The molecule has 2 aromatic carbocycles. The van der Waals surface area contributed by atoms with Gasteiger partial charge in [-0.3, -0.25) is 0 Å². The topological polar surface area (TPSA) is 85.6 Å². The minimum absolute atomic E-state index is 0.0226. The minimum atomic E-state index is -1.63. The number of hydrogen-bond acceptors (Lipinski definition) is 6. The molecule has 0 fully saturated rings. The van der Waals surface area contributed by atoms with E-state index in [1.807, 2.05) is 0 Å². The average Bonchev–Trinajstić information content (AvgIpc) is 3.07. The highest BCUT2D eigenvalue weighted by atomic mass is 32.1. The van der Waals surface area contributed by atoms with Crippen LogP contribution in [0.5, 0.6) is 0 Å². The van der Waals surface area contributed by atoms with Gasteiger partial charge in [0, 0.05) is 5.56 Å². The molecule has 3 aromatic rings. The molecule has 8 heteroatoms. The second-order valence-electron chi connectivity index (χ2n) is 5.09. The quantitative estimate of drug-likeness (QED) is 0.418. The van der Waals surface area contributed by atoms with Crippen LogP contribution in [0.3, 0.4) is 0 Å². The molecule has 0 atom stereocenters. The van der Waals surface area contributed by atoms with Gasteiger partial charge in [0.1, 0.15) is 15.7 Å². The number of hydrogen-bond donors (Lipinski definition) is 4. The van der Waals surface area contributed by atoms with Crippen LogP contribution in [0, 0.1) is 5.82 Å². The van der Waals surface area contributed by atoms with E-state index in [4.69, 9.17) is 5.11 Å². The van der Waals surface area contributed by atoms with E-state index in [0.717, 1.165) is 0 Å². The molecule has 0 radical (unpaired) electrons. The number of aliphatic hydroxyl groups is 1. The number of benzene rings is 2. The first kappa shape index (κ1) is 16.5. The lowest BCUT2D eigenvalue weighted by Gasteiger charge is -2.18. The maximum atomic E-state index is 13.0. The third-order valence-corrected chi connectivity index (χ3v) is 4.20. The van der Waals surface area contributed by atoms with Crippen LogP contribution < -0.4 is 10.3 Å². The predicted octanol–water partition coefficient (Wildman–Crippen LogP) is 3.55. The Bertz CT molecular complexity index is 819. The molecule has 0 saturated heterocycles. The molecule has 1 aromatic heterocycles. The Hall–Kier alpha value is -2.36. The van der Waals surface area contributed by atoms with Gasteiger partial charge in [-0.2, -0.15) is 10.4 Å². The second kappa shape index (κ2) is 6.63. The van der Waals surface area contributed by atoms with Crippen molar-refractivity contribution in [2.24, 2.45) is 0 Å². The lowest BCUT2D eigenvalue weighted by molar-refractivity contribution is -0.274. The van der Waals surface area contributed by atoms with Crippen molar-refractivity contribution in [3.05, 3.63) is 65.3 Å². The van der Waals surface area contributed by atoms with Gasteiger partial charge in [-0.1, -0.05) is 12.1 Å². The molecule has 3 rings (SSSR count). The van der Waals surface area contributed by atoms with Crippen LogP contribution >= 0.6 is 11.3 Å². The summed E-state index contributed by atoms with van der Waals surface area (Å²) >= 11 is 1.21. The third-order valence-electron chi connectivity index (χ3n) is 3.32. The molecule has 124 valence electrons. The second-order valence-corrected chi connectivity index (χ2v) is 5.94. The lowest BCUT2D eigenvalue weighted by Crippen LogP contribution is -2.48. The van der Waals surface area contributed by atoms with Crippen molar-refractivity contribution >= 4 is 22.8 Å². The number of nitrogens with one attached hydrogen (secondary N) is 1. The Kier molecular flexibility index (Phi) is 4.56. The molecular weight excluding hydrogens is 333 g/mol. The van der Waals surface area contributed by atoms with Crippen molar-refractivity contribution < 1.29 is 19.9 Å². The first-order valence-corrected chi connectivity index (χ1v) is 7.90. The molecule has 0 saturated carbocycles. The summed E-state index contributed by atoms with van der Waals surface area (Å²) in [5.41, 5.74) is 4.34. The van der Waals surface area contributed by atoms with Gasteiger partial charge in [-0.05, 0) is 42.0 Å². The number of halogens is 1. The van der Waals surface area contributed by atoms with E-state index >= 15 is 0 Å². The largest absolute Gasteiger partial charge is 0.392 e. The Morgan fingerprint density at radius 2 is 1.71 bits per heavy atom. The van der Waals surface area contributed by atoms with Gasteiger partial charge in [0.25, 0.3) is 0 Å². The summed E-state index contributed by atoms with van der Waals surface area (Å²) in [6.07, 6.45) is 0. The van der Waals surface area contributed by atoms with Crippen molar-refractivity contribution in [3.8, 4) is 10.6 Å². The van der Waals surface area contributed by atoms with Crippen molar-refractivity contribution in [2.75, 3.05) is 5.43 Å². The summed E-state index contributed by atoms with van der Waals surface area (Å²) in [5, 5.41) is 31.4. The number of nitrogens with zero attached hydrogens (tertiary/aromatic N) is 2. The van der Waals surface area contributed by atoms with Crippen LogP contribution in [0.1, 0.15) is 5.56 Å². The van der Waals surface area contributed by atoms with Gasteiger partial charge in [0.05, 0.1) is 17.7 Å². The Labute approximate surface area is 141 Å². The summed E-state index contributed by atoms with van der Waals surface area (Å²) in [5.74, 6) is -0.372. The van der Waals surface area contributed by atoms with Crippen molar-refractivity contribution in [1.82, 2.24) is 9.90 Å². The normalized spacial score (nSPS) is 11.5. The zero-order valence-electron chi connectivity index (χ0n) is 12.4. The highest BCUT2D eigenvalue weighted by molar-refractivity contribution is 7.13. The molecular formula is C16H15FN3O3S+. The number of quaternary nitrogens is 1. The molecule has 0 unspecified atom stereocenters. The predicted molar refractivity (Wildman–Crippen MR) is 88.9 cm³/mol. The first-order chi connectivity index (χ1) is 11.5. The molecule has 24 heavy (non-hydrogen) atoms. The van der Waals surface area contributed by atoms with Crippen molar-refractivity contribution in [3.63, 3.8) is 0 Å². The zero-order valence-corrected chi connectivity index (χ0v) is 13.2. The maximum absolute atomic E-state index is 13.0. The van der Waals surface area contributed by atoms with E-state index in [1.165, 1.54) is 28.8 Å². The fourth-order valence-electron chi connectivity index (χ4n) is 2.06. The molecule has 0 amide bonds. The van der Waals surface area contributed by atoms with Crippen LogP contribution in [0.2, 0.25) is 0 Å². The Balaban J connectivity index is 1.80. The van der Waals surface area contributed by atoms with Crippen LogP contribution in [0.15, 0.2) is 53.9 Å². The molecule has 0 aliphatic carbocycles. The number of aromatic nitrogens is 1. The average molecular weight is 348 g/mol. The van der Waals surface area contributed by atoms with Gasteiger partial charge in [0.2, 0.25) is 0 Å². The molecule has 0 spiro atoms. The maximum Gasteiger partial charge on any atom is 0.333 e. The lowest BCUT2D eigenvalue weighted by atomic mass is 10.2. The number of aliphatic hydroxyl groups excluding tert-OH is 1. The van der Waals surface area contributed by atoms with Gasteiger partial charge in [-0.15, -0.1) is 21.8 Å². The smallest absolute Gasteiger partial charge is 0.333 e. The number of rotatable bonds is 5. The van der Waals surface area contributed by atoms with Gasteiger partial charge in [-0.25, -0.2) is 4.39 Å². The summed E-state index contributed by atoms with van der Waals surface area (Å²) in [7, 11) is 0. The summed E-state index contributed by atoms with van der Waals surface area (Å²) in [6.45, 7) is -0.0916. The molecule has 0 aliphatic heterocycles. The van der Waals surface area contributed by atoms with E-state index in [1.54, 1.807) is 36.4 Å². The standard InChI is InChI=1S/C16H15FN3O3S/c17-13-5-3-12(4-6-13)16-18-15(10-24-16)20(22,23)19-14-7-1-11(9-21)2-8-14/h1-8,10,19,21-23H,9H2/q+1. The van der Waals surface area contributed by atoms with E-state index in [9.17, 15) is 14.8 Å². The van der Waals surface area contributed by atoms with Gasteiger partial charge in [0.15, 0.2) is 0 Å². The van der Waals surface area contributed by atoms with Crippen molar-refractivity contribution in [1.29, 1.82) is 0 Å². The monoisotopic (exact) mass is 348 g/mol. The van der Waals surface area contributed by atoms with Crippen molar-refractivity contribution in [2.45, 2.75) is 6.61 Å².